The van der Waals surface area contributed by atoms with Gasteiger partial charge < -0.3 is 10.0 Å². The molecule has 1 aromatic rings. The van der Waals surface area contributed by atoms with E-state index in [1.165, 1.54) is 12.1 Å². The summed E-state index contributed by atoms with van der Waals surface area (Å²) in [5, 5.41) is 8.96. The highest BCUT2D eigenvalue weighted by molar-refractivity contribution is 5.94. The first-order chi connectivity index (χ1) is 9.91. The molecular formula is C15H18F3NO2. The van der Waals surface area contributed by atoms with Crippen LogP contribution in [0, 0.1) is 5.92 Å². The van der Waals surface area contributed by atoms with Crippen LogP contribution in [0.4, 0.5) is 13.2 Å². The second kappa shape index (κ2) is 6.47. The molecule has 1 saturated heterocycles. The lowest BCUT2D eigenvalue weighted by molar-refractivity contribution is -0.137. The van der Waals surface area contributed by atoms with E-state index in [4.69, 9.17) is 5.11 Å². The van der Waals surface area contributed by atoms with Gasteiger partial charge in [-0.1, -0.05) is 0 Å². The summed E-state index contributed by atoms with van der Waals surface area (Å²) in [7, 11) is 0. The lowest BCUT2D eigenvalue weighted by Crippen LogP contribution is -2.40. The molecule has 1 amide bonds. The van der Waals surface area contributed by atoms with Crippen molar-refractivity contribution >= 4 is 5.91 Å². The van der Waals surface area contributed by atoms with E-state index in [9.17, 15) is 18.0 Å². The summed E-state index contributed by atoms with van der Waals surface area (Å²) in [6.45, 7) is 1.26. The van der Waals surface area contributed by atoms with Crippen molar-refractivity contribution in [3.8, 4) is 0 Å². The summed E-state index contributed by atoms with van der Waals surface area (Å²) in [6, 6.07) is 4.31. The molecule has 21 heavy (non-hydrogen) atoms. The molecule has 1 heterocycles. The van der Waals surface area contributed by atoms with Crippen LogP contribution in [0.3, 0.4) is 0 Å². The van der Waals surface area contributed by atoms with Gasteiger partial charge in [-0.15, -0.1) is 0 Å². The van der Waals surface area contributed by atoms with Crippen LogP contribution in [0.1, 0.15) is 35.2 Å². The lowest BCUT2D eigenvalue weighted by atomic mass is 9.94. The molecule has 6 heteroatoms. The van der Waals surface area contributed by atoms with E-state index >= 15 is 0 Å². The number of nitrogens with zero attached hydrogens (tertiary/aromatic N) is 1. The highest BCUT2D eigenvalue weighted by atomic mass is 19.4. The van der Waals surface area contributed by atoms with E-state index in [1.807, 2.05) is 0 Å². The number of alkyl halides is 3. The molecule has 0 radical (unpaired) electrons. The van der Waals surface area contributed by atoms with Crippen LogP contribution in [-0.4, -0.2) is 35.6 Å². The Morgan fingerprint density at radius 2 is 1.95 bits per heavy atom. The van der Waals surface area contributed by atoms with Crippen LogP contribution < -0.4 is 0 Å². The molecule has 1 N–H and O–H groups in total. The molecule has 1 fully saturated rings. The van der Waals surface area contributed by atoms with Crippen molar-refractivity contribution in [1.29, 1.82) is 0 Å². The Kier molecular flexibility index (Phi) is 4.88. The number of carbonyl (C=O) groups is 1. The SMILES string of the molecule is O=C(c1ccc(C(F)(F)F)cc1)N1CCCC(CCO)C1. The molecule has 0 bridgehead atoms. The number of aliphatic hydroxyl groups excluding tert-OH is 1. The van der Waals surface area contributed by atoms with Crippen LogP contribution in [-0.2, 0) is 6.18 Å². The summed E-state index contributed by atoms with van der Waals surface area (Å²) < 4.78 is 37.5. The minimum absolute atomic E-state index is 0.0903. The van der Waals surface area contributed by atoms with Crippen molar-refractivity contribution < 1.29 is 23.1 Å². The summed E-state index contributed by atoms with van der Waals surface area (Å²) in [4.78, 5) is 14.0. The fourth-order valence-electron chi connectivity index (χ4n) is 2.65. The molecule has 1 atom stereocenters. The zero-order chi connectivity index (χ0) is 15.5. The Morgan fingerprint density at radius 1 is 1.29 bits per heavy atom. The van der Waals surface area contributed by atoms with E-state index < -0.39 is 11.7 Å². The highest BCUT2D eigenvalue weighted by Gasteiger charge is 2.31. The number of piperidine rings is 1. The number of benzene rings is 1. The predicted molar refractivity (Wildman–Crippen MR) is 71.8 cm³/mol. The van der Waals surface area contributed by atoms with Gasteiger partial charge in [-0.05, 0) is 49.4 Å². The molecule has 1 aliphatic heterocycles. The second-order valence-electron chi connectivity index (χ2n) is 5.35. The first-order valence-corrected chi connectivity index (χ1v) is 6.99. The number of carbonyl (C=O) groups excluding carboxylic acids is 1. The van der Waals surface area contributed by atoms with E-state index in [0.717, 1.165) is 25.0 Å². The molecule has 1 unspecified atom stereocenters. The van der Waals surface area contributed by atoms with Gasteiger partial charge in [0.1, 0.15) is 0 Å². The van der Waals surface area contributed by atoms with Crippen LogP contribution in [0.25, 0.3) is 0 Å². The maximum absolute atomic E-state index is 12.5. The molecule has 1 aromatic carbocycles. The average molecular weight is 301 g/mol. The van der Waals surface area contributed by atoms with E-state index in [2.05, 4.69) is 0 Å². The first kappa shape index (κ1) is 15.8. The van der Waals surface area contributed by atoms with Crippen molar-refractivity contribution in [2.45, 2.75) is 25.4 Å². The normalized spacial score (nSPS) is 19.6. The minimum atomic E-state index is -4.39. The molecule has 0 spiro atoms. The number of halogens is 3. The number of hydrogen-bond donors (Lipinski definition) is 1. The van der Waals surface area contributed by atoms with E-state index in [0.29, 0.717) is 19.5 Å². The Labute approximate surface area is 121 Å². The molecule has 0 saturated carbocycles. The molecule has 0 aliphatic carbocycles. The zero-order valence-electron chi connectivity index (χ0n) is 11.6. The van der Waals surface area contributed by atoms with Gasteiger partial charge in [0.25, 0.3) is 5.91 Å². The predicted octanol–water partition coefficient (Wildman–Crippen LogP) is 2.94. The average Bonchev–Trinajstić information content (AvgIpc) is 2.46. The smallest absolute Gasteiger partial charge is 0.396 e. The Bertz CT molecular complexity index is 483. The fourth-order valence-corrected chi connectivity index (χ4v) is 2.65. The number of hydrogen-bond acceptors (Lipinski definition) is 2. The Balaban J connectivity index is 2.05. The summed E-state index contributed by atoms with van der Waals surface area (Å²) in [5.41, 5.74) is -0.483. The molecule has 3 nitrogen and oxygen atoms in total. The van der Waals surface area contributed by atoms with Crippen molar-refractivity contribution in [1.82, 2.24) is 4.90 Å². The molecular weight excluding hydrogens is 283 g/mol. The van der Waals surface area contributed by atoms with Gasteiger partial charge in [0, 0.05) is 25.3 Å². The quantitative estimate of drug-likeness (QED) is 0.932. The Hall–Kier alpha value is -1.56. The molecule has 1 aliphatic rings. The number of amides is 1. The third kappa shape index (κ3) is 3.97. The van der Waals surface area contributed by atoms with Crippen LogP contribution in [0.5, 0.6) is 0 Å². The Morgan fingerprint density at radius 3 is 2.52 bits per heavy atom. The van der Waals surface area contributed by atoms with Crippen LogP contribution in [0.2, 0.25) is 0 Å². The maximum atomic E-state index is 12.5. The number of likely N-dealkylation sites (tertiary alicyclic amines) is 1. The monoisotopic (exact) mass is 301 g/mol. The minimum Gasteiger partial charge on any atom is -0.396 e. The van der Waals surface area contributed by atoms with Gasteiger partial charge in [-0.2, -0.15) is 13.2 Å². The fraction of sp³-hybridized carbons (Fsp3) is 0.533. The van der Waals surface area contributed by atoms with Gasteiger partial charge in [-0.25, -0.2) is 0 Å². The second-order valence-corrected chi connectivity index (χ2v) is 5.35. The zero-order valence-corrected chi connectivity index (χ0v) is 11.6. The van der Waals surface area contributed by atoms with Gasteiger partial charge >= 0.3 is 6.18 Å². The summed E-state index contributed by atoms with van der Waals surface area (Å²) >= 11 is 0. The summed E-state index contributed by atoms with van der Waals surface area (Å²) in [6.07, 6.45) is -1.91. The highest BCUT2D eigenvalue weighted by Crippen LogP contribution is 2.29. The molecule has 0 aromatic heterocycles. The van der Waals surface area contributed by atoms with Crippen LogP contribution >= 0.6 is 0 Å². The third-order valence-electron chi connectivity index (χ3n) is 3.80. The molecule has 2 rings (SSSR count). The van der Waals surface area contributed by atoms with Crippen LogP contribution in [0.15, 0.2) is 24.3 Å². The van der Waals surface area contributed by atoms with Gasteiger partial charge in [0.2, 0.25) is 0 Å². The van der Waals surface area contributed by atoms with Crippen molar-refractivity contribution in [2.75, 3.05) is 19.7 Å². The van der Waals surface area contributed by atoms with E-state index in [-0.39, 0.29) is 24.0 Å². The summed E-state index contributed by atoms with van der Waals surface area (Å²) in [5.74, 6) is 0.0218. The largest absolute Gasteiger partial charge is 0.416 e. The van der Waals surface area contributed by atoms with Crippen molar-refractivity contribution in [2.24, 2.45) is 5.92 Å². The van der Waals surface area contributed by atoms with Gasteiger partial charge in [0.15, 0.2) is 0 Å². The van der Waals surface area contributed by atoms with Gasteiger partial charge in [0.05, 0.1) is 5.56 Å². The van der Waals surface area contributed by atoms with Crippen molar-refractivity contribution in [3.05, 3.63) is 35.4 Å². The standard InChI is InChI=1S/C15H18F3NO2/c16-15(17,18)13-5-3-12(4-6-13)14(21)19-8-1-2-11(10-19)7-9-20/h3-6,11,20H,1-2,7-10H2. The van der Waals surface area contributed by atoms with Crippen molar-refractivity contribution in [3.63, 3.8) is 0 Å². The lowest BCUT2D eigenvalue weighted by Gasteiger charge is -2.32. The maximum Gasteiger partial charge on any atom is 0.416 e. The number of rotatable bonds is 3. The third-order valence-corrected chi connectivity index (χ3v) is 3.80. The number of aliphatic hydroxyl groups is 1. The van der Waals surface area contributed by atoms with E-state index in [1.54, 1.807) is 4.90 Å². The van der Waals surface area contributed by atoms with Gasteiger partial charge in [-0.3, -0.25) is 4.79 Å². The molecule has 116 valence electrons. The first-order valence-electron chi connectivity index (χ1n) is 6.99. The topological polar surface area (TPSA) is 40.5 Å².